The van der Waals surface area contributed by atoms with E-state index in [9.17, 15) is 4.79 Å². The van der Waals surface area contributed by atoms with Gasteiger partial charge in [-0.3, -0.25) is 4.79 Å². The molecule has 1 aromatic carbocycles. The number of rotatable bonds is 7. The van der Waals surface area contributed by atoms with Crippen molar-refractivity contribution in [2.24, 2.45) is 0 Å². The average molecular weight is 319 g/mol. The van der Waals surface area contributed by atoms with Crippen molar-refractivity contribution >= 4 is 29.9 Å². The van der Waals surface area contributed by atoms with Crippen molar-refractivity contribution in [3.8, 4) is 0 Å². The third-order valence-corrected chi connectivity index (χ3v) is 3.84. The largest absolute Gasteiger partial charge is 0.347 e. The molecule has 20 heavy (non-hydrogen) atoms. The Balaban J connectivity index is 0.00000361. The second-order valence-electron chi connectivity index (χ2n) is 4.70. The molecule has 0 saturated heterocycles. The van der Waals surface area contributed by atoms with E-state index in [-0.39, 0.29) is 23.9 Å². The summed E-state index contributed by atoms with van der Waals surface area (Å²) in [5.41, 5.74) is 0.815. The number of carbonyl (C=O) groups is 1. The highest BCUT2D eigenvalue weighted by molar-refractivity contribution is 6.30. The molecule has 0 aromatic heterocycles. The Hall–Kier alpha value is -0.770. The monoisotopic (exact) mass is 318 g/mol. The lowest BCUT2D eigenvalue weighted by atomic mass is 9.84. The van der Waals surface area contributed by atoms with Crippen LogP contribution in [-0.4, -0.2) is 19.5 Å². The number of nitrogens with one attached hydrogen (secondary N) is 2. The maximum absolute atomic E-state index is 12.0. The molecule has 0 saturated carbocycles. The maximum atomic E-state index is 12.0. The van der Waals surface area contributed by atoms with Gasteiger partial charge in [0, 0.05) is 18.0 Å². The summed E-state index contributed by atoms with van der Waals surface area (Å²) >= 11 is 5.93. The van der Waals surface area contributed by atoms with Crippen LogP contribution in [0, 0.1) is 0 Å². The molecule has 0 spiro atoms. The molecule has 0 aliphatic carbocycles. The van der Waals surface area contributed by atoms with Gasteiger partial charge in [-0.25, -0.2) is 0 Å². The fourth-order valence-electron chi connectivity index (χ4n) is 2.24. The van der Waals surface area contributed by atoms with E-state index in [0.29, 0.717) is 18.0 Å². The van der Waals surface area contributed by atoms with Gasteiger partial charge in [-0.2, -0.15) is 0 Å². The van der Waals surface area contributed by atoms with E-state index in [1.165, 1.54) is 0 Å². The smallest absolute Gasteiger partial charge is 0.221 e. The zero-order chi connectivity index (χ0) is 14.3. The van der Waals surface area contributed by atoms with Crippen LogP contribution in [0.5, 0.6) is 0 Å². The molecule has 114 valence electrons. The SMILES string of the molecule is CCC(CC)(NC(=O)CCNC)c1ccc(Cl)cc1.Cl. The summed E-state index contributed by atoms with van der Waals surface area (Å²) < 4.78 is 0. The molecular weight excluding hydrogens is 295 g/mol. The first-order valence-corrected chi connectivity index (χ1v) is 7.17. The highest BCUT2D eigenvalue weighted by atomic mass is 35.5. The normalized spacial score (nSPS) is 10.8. The molecule has 0 heterocycles. The fourth-order valence-corrected chi connectivity index (χ4v) is 2.37. The lowest BCUT2D eigenvalue weighted by Crippen LogP contribution is -2.45. The van der Waals surface area contributed by atoms with E-state index < -0.39 is 0 Å². The van der Waals surface area contributed by atoms with Crippen LogP contribution < -0.4 is 10.6 Å². The number of hydrogen-bond acceptors (Lipinski definition) is 2. The van der Waals surface area contributed by atoms with E-state index >= 15 is 0 Å². The van der Waals surface area contributed by atoms with Crippen LogP contribution in [0.3, 0.4) is 0 Å². The van der Waals surface area contributed by atoms with Gasteiger partial charge >= 0.3 is 0 Å². The number of amides is 1. The van der Waals surface area contributed by atoms with Crippen molar-refractivity contribution in [1.29, 1.82) is 0 Å². The van der Waals surface area contributed by atoms with Crippen LogP contribution in [0.25, 0.3) is 0 Å². The molecule has 3 nitrogen and oxygen atoms in total. The standard InChI is InChI=1S/C15H23ClN2O.ClH/c1-4-15(5-2,18-14(19)10-11-17-3)12-6-8-13(16)9-7-12;/h6-9,17H,4-5,10-11H2,1-3H3,(H,18,19);1H. The quantitative estimate of drug-likeness (QED) is 0.807. The third kappa shape index (κ3) is 4.97. The molecule has 0 unspecified atom stereocenters. The summed E-state index contributed by atoms with van der Waals surface area (Å²) in [5, 5.41) is 6.88. The molecule has 1 amide bonds. The van der Waals surface area contributed by atoms with Gasteiger partial charge in [0.05, 0.1) is 5.54 Å². The van der Waals surface area contributed by atoms with Gasteiger partial charge in [0.2, 0.25) is 5.91 Å². The molecule has 0 atom stereocenters. The lowest BCUT2D eigenvalue weighted by molar-refractivity contribution is -0.123. The van der Waals surface area contributed by atoms with Crippen molar-refractivity contribution in [2.45, 2.75) is 38.6 Å². The summed E-state index contributed by atoms with van der Waals surface area (Å²) in [6.07, 6.45) is 2.21. The topological polar surface area (TPSA) is 41.1 Å². The Morgan fingerprint density at radius 1 is 1.20 bits per heavy atom. The first-order valence-electron chi connectivity index (χ1n) is 6.79. The van der Waals surface area contributed by atoms with Gasteiger partial charge in [0.25, 0.3) is 0 Å². The minimum Gasteiger partial charge on any atom is -0.347 e. The third-order valence-electron chi connectivity index (χ3n) is 3.58. The van der Waals surface area contributed by atoms with Crippen molar-refractivity contribution in [3.63, 3.8) is 0 Å². The minimum absolute atomic E-state index is 0. The second kappa shape index (κ2) is 9.22. The molecule has 0 fully saturated rings. The van der Waals surface area contributed by atoms with Gasteiger partial charge < -0.3 is 10.6 Å². The minimum atomic E-state index is -0.296. The van der Waals surface area contributed by atoms with E-state index in [1.54, 1.807) is 0 Å². The Morgan fingerprint density at radius 3 is 2.20 bits per heavy atom. The van der Waals surface area contributed by atoms with E-state index in [1.807, 2.05) is 31.3 Å². The fraction of sp³-hybridized carbons (Fsp3) is 0.533. The lowest BCUT2D eigenvalue weighted by Gasteiger charge is -2.33. The number of halogens is 2. The Bertz CT molecular complexity index is 403. The van der Waals surface area contributed by atoms with E-state index in [0.717, 1.165) is 18.4 Å². The van der Waals surface area contributed by atoms with Crippen LogP contribution in [0.15, 0.2) is 24.3 Å². The Kier molecular flexibility index (Phi) is 8.86. The van der Waals surface area contributed by atoms with Gasteiger partial charge in [-0.1, -0.05) is 37.6 Å². The van der Waals surface area contributed by atoms with Crippen LogP contribution in [-0.2, 0) is 10.3 Å². The van der Waals surface area contributed by atoms with E-state index in [2.05, 4.69) is 24.5 Å². The van der Waals surface area contributed by atoms with E-state index in [4.69, 9.17) is 11.6 Å². The van der Waals surface area contributed by atoms with Crippen molar-refractivity contribution in [1.82, 2.24) is 10.6 Å². The molecule has 0 aliphatic rings. The van der Waals surface area contributed by atoms with Crippen LogP contribution in [0.4, 0.5) is 0 Å². The summed E-state index contributed by atoms with van der Waals surface area (Å²) in [7, 11) is 1.85. The Morgan fingerprint density at radius 2 is 1.75 bits per heavy atom. The first-order chi connectivity index (χ1) is 9.07. The zero-order valence-electron chi connectivity index (χ0n) is 12.3. The highest BCUT2D eigenvalue weighted by Crippen LogP contribution is 2.29. The maximum Gasteiger partial charge on any atom is 0.221 e. The molecule has 0 aliphatic heterocycles. The number of carbonyl (C=O) groups excluding carboxylic acids is 1. The Labute approximate surface area is 132 Å². The summed E-state index contributed by atoms with van der Waals surface area (Å²) in [6.45, 7) is 4.88. The van der Waals surface area contributed by atoms with Gasteiger partial charge in [-0.15, -0.1) is 12.4 Å². The van der Waals surface area contributed by atoms with Crippen molar-refractivity contribution in [2.75, 3.05) is 13.6 Å². The summed E-state index contributed by atoms with van der Waals surface area (Å²) in [4.78, 5) is 12.0. The first kappa shape index (κ1) is 19.2. The van der Waals surface area contributed by atoms with Gasteiger partial charge in [0.15, 0.2) is 0 Å². The van der Waals surface area contributed by atoms with Crippen LogP contribution in [0.1, 0.15) is 38.7 Å². The predicted octanol–water partition coefficient (Wildman–Crippen LogP) is 3.50. The number of hydrogen-bond donors (Lipinski definition) is 2. The number of benzene rings is 1. The van der Waals surface area contributed by atoms with Gasteiger partial charge in [0.1, 0.15) is 0 Å². The average Bonchev–Trinajstić information content (AvgIpc) is 2.43. The summed E-state index contributed by atoms with van der Waals surface area (Å²) in [5.74, 6) is 0.0769. The second-order valence-corrected chi connectivity index (χ2v) is 5.13. The molecular formula is C15H24Cl2N2O. The van der Waals surface area contributed by atoms with Crippen molar-refractivity contribution < 1.29 is 4.79 Å². The molecule has 2 N–H and O–H groups in total. The molecule has 1 rings (SSSR count). The molecule has 0 bridgehead atoms. The van der Waals surface area contributed by atoms with Gasteiger partial charge in [-0.05, 0) is 37.6 Å². The highest BCUT2D eigenvalue weighted by Gasteiger charge is 2.29. The predicted molar refractivity (Wildman–Crippen MR) is 87.6 cm³/mol. The zero-order valence-corrected chi connectivity index (χ0v) is 13.9. The summed E-state index contributed by atoms with van der Waals surface area (Å²) in [6, 6.07) is 7.73. The van der Waals surface area contributed by atoms with Crippen molar-refractivity contribution in [3.05, 3.63) is 34.9 Å². The molecule has 0 radical (unpaired) electrons. The van der Waals surface area contributed by atoms with Crippen LogP contribution >= 0.6 is 24.0 Å². The van der Waals surface area contributed by atoms with Crippen LogP contribution in [0.2, 0.25) is 5.02 Å². The molecule has 1 aromatic rings. The molecule has 5 heteroatoms.